The molecule has 1 saturated heterocycles. The number of alkyl halides is 6. The molecule has 1 aromatic heterocycles. The number of hydrogen-bond acceptors (Lipinski definition) is 5. The lowest BCUT2D eigenvalue weighted by Crippen LogP contribution is -2.48. The van der Waals surface area contributed by atoms with Crippen molar-refractivity contribution in [3.8, 4) is 0 Å². The molecule has 1 N–H and O–H groups in total. The number of benzene rings is 2. The average Bonchev–Trinajstić information content (AvgIpc) is 3.32. The molecule has 7 nitrogen and oxygen atoms in total. The van der Waals surface area contributed by atoms with Crippen LogP contribution in [0.3, 0.4) is 0 Å². The van der Waals surface area contributed by atoms with Crippen LogP contribution in [0.25, 0.3) is 17.0 Å². The van der Waals surface area contributed by atoms with Crippen LogP contribution in [0.5, 0.6) is 0 Å². The van der Waals surface area contributed by atoms with Crippen molar-refractivity contribution in [1.29, 1.82) is 0 Å². The molecule has 2 aliphatic rings. The van der Waals surface area contributed by atoms with Crippen molar-refractivity contribution < 1.29 is 45.8 Å². The van der Waals surface area contributed by atoms with E-state index >= 15 is 0 Å². The van der Waals surface area contributed by atoms with Crippen LogP contribution >= 0.6 is 11.8 Å². The predicted molar refractivity (Wildman–Crippen MR) is 127 cm³/mol. The van der Waals surface area contributed by atoms with E-state index in [1.54, 1.807) is 18.2 Å². The van der Waals surface area contributed by atoms with Crippen LogP contribution in [0.2, 0.25) is 0 Å². The second kappa shape index (κ2) is 9.43. The largest absolute Gasteiger partial charge is 0.481 e. The quantitative estimate of drug-likeness (QED) is 0.299. The van der Waals surface area contributed by atoms with Gasteiger partial charge in [-0.3, -0.25) is 24.0 Å². The topological polar surface area (TPSA) is 92.5 Å². The van der Waals surface area contributed by atoms with Gasteiger partial charge in [-0.2, -0.15) is 31.4 Å². The molecule has 0 bridgehead atoms. The Hall–Kier alpha value is -3.81. The first-order valence-electron chi connectivity index (χ1n) is 11.4. The lowest BCUT2D eigenvalue weighted by atomic mass is 9.79. The molecule has 204 valence electrons. The normalized spacial score (nSPS) is 21.2. The van der Waals surface area contributed by atoms with E-state index in [-0.39, 0.29) is 29.4 Å². The van der Waals surface area contributed by atoms with E-state index in [1.807, 2.05) is 0 Å². The number of halogens is 6. The molecule has 1 saturated carbocycles. The Labute approximate surface area is 220 Å². The summed E-state index contributed by atoms with van der Waals surface area (Å²) in [5.74, 6) is -2.10. The fourth-order valence-electron chi connectivity index (χ4n) is 4.58. The fourth-order valence-corrected chi connectivity index (χ4v) is 5.48. The average molecular weight is 569 g/mol. The number of amides is 2. The third kappa shape index (κ3) is 5.12. The molecule has 0 radical (unpaired) electrons. The highest BCUT2D eigenvalue weighted by Gasteiger charge is 2.47. The molecule has 1 aliphatic carbocycles. The van der Waals surface area contributed by atoms with Crippen molar-refractivity contribution >= 4 is 45.9 Å². The molecule has 0 atom stereocenters. The Bertz CT molecular complexity index is 1540. The smallest absolute Gasteiger partial charge is 0.416 e. The van der Waals surface area contributed by atoms with Crippen LogP contribution in [-0.2, 0) is 28.5 Å². The van der Waals surface area contributed by atoms with Crippen molar-refractivity contribution in [1.82, 2.24) is 14.7 Å². The zero-order chi connectivity index (χ0) is 28.3. The van der Waals surface area contributed by atoms with Crippen LogP contribution in [0.15, 0.2) is 47.5 Å². The van der Waals surface area contributed by atoms with E-state index in [2.05, 4.69) is 5.10 Å². The number of aromatic nitrogens is 2. The van der Waals surface area contributed by atoms with E-state index < -0.39 is 59.1 Å². The first-order valence-corrected chi connectivity index (χ1v) is 12.3. The lowest BCUT2D eigenvalue weighted by Gasteiger charge is -2.37. The van der Waals surface area contributed by atoms with Gasteiger partial charge in [0.25, 0.3) is 11.1 Å². The summed E-state index contributed by atoms with van der Waals surface area (Å²) in [5.41, 5.74) is -2.29. The summed E-state index contributed by atoms with van der Waals surface area (Å²) in [6.07, 6.45) is -6.70. The number of aliphatic carboxylic acids is 1. The number of carboxylic acids is 1. The minimum Gasteiger partial charge on any atom is -0.481 e. The van der Waals surface area contributed by atoms with Crippen molar-refractivity contribution in [2.45, 2.75) is 37.8 Å². The highest BCUT2D eigenvalue weighted by molar-refractivity contribution is 8.18. The molecule has 14 heteroatoms. The van der Waals surface area contributed by atoms with Gasteiger partial charge >= 0.3 is 18.3 Å². The predicted octanol–water partition coefficient (Wildman–Crippen LogP) is 6.02. The number of rotatable bonds is 5. The molecule has 2 amide bonds. The third-order valence-electron chi connectivity index (χ3n) is 6.68. The molecular weight excluding hydrogens is 552 g/mol. The minimum atomic E-state index is -5.01. The summed E-state index contributed by atoms with van der Waals surface area (Å²) in [6.45, 7) is -0.437. The Morgan fingerprint density at radius 1 is 1.05 bits per heavy atom. The maximum Gasteiger partial charge on any atom is 0.416 e. The van der Waals surface area contributed by atoms with Crippen LogP contribution in [0, 0.1) is 5.92 Å². The summed E-state index contributed by atoms with van der Waals surface area (Å²) in [6, 6.07) is 5.69. The molecule has 2 aromatic carbocycles. The number of imide groups is 1. The Kier molecular flexibility index (Phi) is 6.48. The zero-order valence-corrected chi connectivity index (χ0v) is 20.4. The van der Waals surface area contributed by atoms with Gasteiger partial charge in [-0.15, -0.1) is 0 Å². The number of carboxylic acid groups (broad SMARTS) is 1. The van der Waals surface area contributed by atoms with Gasteiger partial charge in [0, 0.05) is 11.4 Å². The summed E-state index contributed by atoms with van der Waals surface area (Å²) >= 11 is 0.727. The van der Waals surface area contributed by atoms with Gasteiger partial charge in [0.05, 0.1) is 40.2 Å². The minimum absolute atomic E-state index is 0.0809. The van der Waals surface area contributed by atoms with Crippen molar-refractivity contribution in [3.63, 3.8) is 0 Å². The summed E-state index contributed by atoms with van der Waals surface area (Å²) in [4.78, 5) is 37.4. The number of hydrogen-bond donors (Lipinski definition) is 1. The molecule has 3 aromatic rings. The van der Waals surface area contributed by atoms with E-state index in [9.17, 15) is 40.7 Å². The molecule has 5 rings (SSSR count). The first kappa shape index (κ1) is 26.8. The van der Waals surface area contributed by atoms with E-state index in [0.29, 0.717) is 22.5 Å². The Morgan fingerprint density at radius 2 is 1.77 bits per heavy atom. The summed E-state index contributed by atoms with van der Waals surface area (Å²) in [5, 5.41) is 13.1. The van der Waals surface area contributed by atoms with Crippen molar-refractivity contribution in [2.24, 2.45) is 5.92 Å². The van der Waals surface area contributed by atoms with Crippen LogP contribution in [0.4, 0.5) is 31.1 Å². The van der Waals surface area contributed by atoms with Gasteiger partial charge < -0.3 is 5.11 Å². The summed E-state index contributed by atoms with van der Waals surface area (Å²) < 4.78 is 80.8. The summed E-state index contributed by atoms with van der Waals surface area (Å²) in [7, 11) is 0. The van der Waals surface area contributed by atoms with Gasteiger partial charge in [0.2, 0.25) is 0 Å². The van der Waals surface area contributed by atoms with Crippen LogP contribution in [0.1, 0.15) is 35.1 Å². The van der Waals surface area contributed by atoms with Gasteiger partial charge in [-0.05, 0) is 66.1 Å². The maximum atomic E-state index is 13.5. The van der Waals surface area contributed by atoms with Gasteiger partial charge in [0.1, 0.15) is 0 Å². The standard InChI is InChI=1S/C25H17F6N3O4S/c26-24(27,28)16-3-2-13(18(9-16)25(29,30)31)11-33-19-4-1-12(5-15(19)10-32-33)6-20-21(35)34(23(38)39-20)17-7-14(8-17)22(36)37/h1-6,9-10,14,17H,7-8,11H2,(H,36,37). The monoisotopic (exact) mass is 569 g/mol. The van der Waals surface area contributed by atoms with Crippen molar-refractivity contribution in [2.75, 3.05) is 0 Å². The molecule has 1 aliphatic heterocycles. The number of fused-ring (bicyclic) bond motifs is 1. The van der Waals surface area contributed by atoms with Crippen LogP contribution in [-0.4, -0.2) is 42.9 Å². The molecule has 2 fully saturated rings. The molecule has 2 heterocycles. The van der Waals surface area contributed by atoms with Gasteiger partial charge in [-0.1, -0.05) is 12.1 Å². The second-order valence-electron chi connectivity index (χ2n) is 9.20. The number of carbonyl (C=O) groups is 3. The van der Waals surface area contributed by atoms with E-state index in [4.69, 9.17) is 5.11 Å². The molecule has 0 unspecified atom stereocenters. The number of thioether (sulfide) groups is 1. The van der Waals surface area contributed by atoms with Gasteiger partial charge in [0.15, 0.2) is 0 Å². The maximum absolute atomic E-state index is 13.5. The third-order valence-corrected chi connectivity index (χ3v) is 7.56. The van der Waals surface area contributed by atoms with E-state index in [1.165, 1.54) is 17.0 Å². The number of nitrogens with zero attached hydrogens (tertiary/aromatic N) is 3. The molecule has 39 heavy (non-hydrogen) atoms. The molecule has 0 spiro atoms. The number of carbonyl (C=O) groups excluding carboxylic acids is 2. The Morgan fingerprint density at radius 3 is 2.41 bits per heavy atom. The fraction of sp³-hybridized carbons (Fsp3) is 0.280. The lowest BCUT2D eigenvalue weighted by molar-refractivity contribution is -0.148. The van der Waals surface area contributed by atoms with E-state index in [0.717, 1.165) is 22.7 Å². The highest BCUT2D eigenvalue weighted by atomic mass is 32.2. The first-order chi connectivity index (χ1) is 18.2. The van der Waals surface area contributed by atoms with Gasteiger partial charge in [-0.25, -0.2) is 0 Å². The zero-order valence-electron chi connectivity index (χ0n) is 19.6. The second-order valence-corrected chi connectivity index (χ2v) is 10.2. The molecular formula is C25H17F6N3O4S. The van der Waals surface area contributed by atoms with Crippen LogP contribution < -0.4 is 0 Å². The Balaban J connectivity index is 1.38. The van der Waals surface area contributed by atoms with Crippen molar-refractivity contribution in [3.05, 3.63) is 69.8 Å². The highest BCUT2D eigenvalue weighted by Crippen LogP contribution is 2.41. The SMILES string of the molecule is O=C(O)C1CC(N2C(=O)SC(=Cc3ccc4c(cnn4Cc4ccc(C(F)(F)F)cc4C(F)(F)F)c3)C2=O)C1.